The van der Waals surface area contributed by atoms with Crippen molar-refractivity contribution >= 4 is 28.7 Å². The molecule has 0 radical (unpaired) electrons. The fourth-order valence-corrected chi connectivity index (χ4v) is 2.99. The van der Waals surface area contributed by atoms with E-state index < -0.39 is 23.2 Å². The normalized spacial score (nSPS) is 11.2. The van der Waals surface area contributed by atoms with Crippen LogP contribution in [-0.4, -0.2) is 28.8 Å². The number of benzene rings is 2. The van der Waals surface area contributed by atoms with Crippen LogP contribution in [-0.2, 0) is 9.47 Å². The first-order chi connectivity index (χ1) is 14.2. The molecule has 3 aromatic rings. The molecule has 1 N–H and O–H groups in total. The molecule has 7 heteroatoms. The molecule has 0 atom stereocenters. The lowest BCUT2D eigenvalue weighted by Crippen LogP contribution is -2.28. The van der Waals surface area contributed by atoms with E-state index in [0.717, 1.165) is 0 Å². The molecule has 30 heavy (non-hydrogen) atoms. The zero-order valence-electron chi connectivity index (χ0n) is 17.4. The summed E-state index contributed by atoms with van der Waals surface area (Å²) in [5.41, 5.74) is 0.398. The predicted molar refractivity (Wildman–Crippen MR) is 115 cm³/mol. The molecule has 0 bridgehead atoms. The number of carbonyl (C=O) groups excluding carboxylic acids is 2. The second-order valence-electron chi connectivity index (χ2n) is 7.66. The number of amides is 1. The number of rotatable bonds is 4. The van der Waals surface area contributed by atoms with Gasteiger partial charge in [-0.05, 0) is 63.4 Å². The zero-order valence-corrected chi connectivity index (χ0v) is 17.4. The lowest BCUT2D eigenvalue weighted by Gasteiger charge is -2.20. The van der Waals surface area contributed by atoms with Gasteiger partial charge in [0.2, 0.25) is 0 Å². The van der Waals surface area contributed by atoms with Crippen molar-refractivity contribution < 1.29 is 19.1 Å². The lowest BCUT2D eigenvalue weighted by molar-refractivity contribution is 0.0523. The first-order valence-electron chi connectivity index (χ1n) is 9.62. The third-order valence-electron chi connectivity index (χ3n) is 4.16. The Hall–Kier alpha value is -3.61. The van der Waals surface area contributed by atoms with Crippen molar-refractivity contribution in [3.05, 3.63) is 70.5 Å². The minimum atomic E-state index is -0.676. The Morgan fingerprint density at radius 1 is 1.03 bits per heavy atom. The van der Waals surface area contributed by atoms with Gasteiger partial charge in [0.25, 0.3) is 5.56 Å². The summed E-state index contributed by atoms with van der Waals surface area (Å²) in [6.45, 7) is 7.18. The molecule has 3 rings (SSSR count). The average Bonchev–Trinajstić information content (AvgIpc) is 2.67. The first-order valence-corrected chi connectivity index (χ1v) is 9.62. The Morgan fingerprint density at radius 2 is 1.73 bits per heavy atom. The van der Waals surface area contributed by atoms with Crippen LogP contribution in [0.2, 0.25) is 0 Å². The number of nitrogens with one attached hydrogen (secondary N) is 1. The van der Waals surface area contributed by atoms with Crippen LogP contribution in [0.1, 0.15) is 38.1 Å². The number of hydrogen-bond donors (Lipinski definition) is 1. The second-order valence-corrected chi connectivity index (χ2v) is 7.66. The highest BCUT2D eigenvalue weighted by atomic mass is 16.6. The Kier molecular flexibility index (Phi) is 5.91. The van der Waals surface area contributed by atoms with Gasteiger partial charge in [-0.1, -0.05) is 24.3 Å². The summed E-state index contributed by atoms with van der Waals surface area (Å²) >= 11 is 0. The van der Waals surface area contributed by atoms with Gasteiger partial charge in [-0.3, -0.25) is 14.7 Å². The standard InChI is InChI=1S/C23H24N2O5/c1-5-29-21(27)18-13-15-11-12-16(24-22(28)30-23(2,3)4)14-19(15)25(20(18)26)17-9-7-6-8-10-17/h6-14H,5H2,1-4H3,(H,24,28). The van der Waals surface area contributed by atoms with Crippen molar-refractivity contribution in [3.8, 4) is 5.69 Å². The quantitative estimate of drug-likeness (QED) is 0.642. The van der Waals surface area contributed by atoms with Crippen molar-refractivity contribution in [2.75, 3.05) is 11.9 Å². The highest BCUT2D eigenvalue weighted by molar-refractivity contribution is 5.96. The number of aromatic nitrogens is 1. The molecule has 0 unspecified atom stereocenters. The van der Waals surface area contributed by atoms with Crippen LogP contribution in [0.4, 0.5) is 10.5 Å². The Morgan fingerprint density at radius 3 is 2.37 bits per heavy atom. The summed E-state index contributed by atoms with van der Waals surface area (Å²) in [4.78, 5) is 37.6. The number of carbonyl (C=O) groups is 2. The van der Waals surface area contributed by atoms with Gasteiger partial charge >= 0.3 is 12.1 Å². The third kappa shape index (κ3) is 4.68. The smallest absolute Gasteiger partial charge is 0.412 e. The Labute approximate surface area is 174 Å². The molecule has 2 aromatic carbocycles. The molecule has 0 aliphatic carbocycles. The molecule has 0 spiro atoms. The molecule has 1 aromatic heterocycles. The van der Waals surface area contributed by atoms with Crippen LogP contribution >= 0.6 is 0 Å². The van der Waals surface area contributed by atoms with Crippen molar-refractivity contribution in [3.63, 3.8) is 0 Å². The highest BCUT2D eigenvalue weighted by Gasteiger charge is 2.19. The maximum Gasteiger partial charge on any atom is 0.412 e. The fourth-order valence-electron chi connectivity index (χ4n) is 2.99. The maximum absolute atomic E-state index is 13.2. The van der Waals surface area contributed by atoms with Crippen LogP contribution in [0.5, 0.6) is 0 Å². The third-order valence-corrected chi connectivity index (χ3v) is 4.16. The maximum atomic E-state index is 13.2. The number of anilines is 1. The number of fused-ring (bicyclic) bond motifs is 1. The van der Waals surface area contributed by atoms with Crippen LogP contribution in [0.15, 0.2) is 59.4 Å². The molecule has 7 nitrogen and oxygen atoms in total. The van der Waals surface area contributed by atoms with Crippen molar-refractivity contribution in [1.82, 2.24) is 4.57 Å². The van der Waals surface area contributed by atoms with Crippen molar-refractivity contribution in [2.24, 2.45) is 0 Å². The Bertz CT molecular complexity index is 1140. The van der Waals surface area contributed by atoms with Crippen molar-refractivity contribution in [2.45, 2.75) is 33.3 Å². The first kappa shape index (κ1) is 21.1. The molecule has 0 saturated carbocycles. The van der Waals surface area contributed by atoms with Gasteiger partial charge < -0.3 is 9.47 Å². The molecule has 156 valence electrons. The molecule has 1 amide bonds. The summed E-state index contributed by atoms with van der Waals surface area (Å²) in [6.07, 6.45) is -0.599. The Balaban J connectivity index is 2.16. The topological polar surface area (TPSA) is 86.6 Å². The van der Waals surface area contributed by atoms with Crippen molar-refractivity contribution in [1.29, 1.82) is 0 Å². The molecule has 0 aliphatic rings. The summed E-state index contributed by atoms with van der Waals surface area (Å²) in [7, 11) is 0. The van der Waals surface area contributed by atoms with Gasteiger partial charge in [-0.15, -0.1) is 0 Å². The van der Waals surface area contributed by atoms with E-state index in [1.165, 1.54) is 10.6 Å². The molecular weight excluding hydrogens is 384 g/mol. The largest absolute Gasteiger partial charge is 0.462 e. The van der Waals surface area contributed by atoms with E-state index in [-0.39, 0.29) is 12.2 Å². The minimum Gasteiger partial charge on any atom is -0.462 e. The number of hydrogen-bond acceptors (Lipinski definition) is 5. The second kappa shape index (κ2) is 8.41. The van der Waals surface area contributed by atoms with E-state index in [1.54, 1.807) is 70.2 Å². The van der Waals surface area contributed by atoms with Gasteiger partial charge in [0.05, 0.1) is 12.1 Å². The van der Waals surface area contributed by atoms with Gasteiger partial charge in [-0.25, -0.2) is 9.59 Å². The zero-order chi connectivity index (χ0) is 21.9. The molecule has 0 fully saturated rings. The number of pyridine rings is 1. The van der Waals surface area contributed by atoms with Gasteiger partial charge in [0.15, 0.2) is 0 Å². The van der Waals surface area contributed by atoms with Crippen LogP contribution < -0.4 is 10.9 Å². The van der Waals surface area contributed by atoms with E-state index in [0.29, 0.717) is 22.3 Å². The summed E-state index contributed by atoms with van der Waals surface area (Å²) in [5, 5.41) is 3.33. The molecular formula is C23H24N2O5. The van der Waals surface area contributed by atoms with Crippen LogP contribution in [0, 0.1) is 0 Å². The summed E-state index contributed by atoms with van der Waals surface area (Å²) < 4.78 is 11.8. The SMILES string of the molecule is CCOC(=O)c1cc2ccc(NC(=O)OC(C)(C)C)cc2n(-c2ccccc2)c1=O. The van der Waals surface area contributed by atoms with E-state index in [2.05, 4.69) is 5.32 Å². The predicted octanol–water partition coefficient (Wildman–Crippen LogP) is 4.51. The van der Waals surface area contributed by atoms with Crippen LogP contribution in [0.25, 0.3) is 16.6 Å². The van der Waals surface area contributed by atoms with E-state index in [1.807, 2.05) is 6.07 Å². The van der Waals surface area contributed by atoms with E-state index in [9.17, 15) is 14.4 Å². The molecule has 1 heterocycles. The minimum absolute atomic E-state index is 0.0546. The van der Waals surface area contributed by atoms with E-state index >= 15 is 0 Å². The number of ether oxygens (including phenoxy) is 2. The summed E-state index contributed by atoms with van der Waals surface area (Å²) in [6, 6.07) is 15.6. The highest BCUT2D eigenvalue weighted by Crippen LogP contribution is 2.23. The van der Waals surface area contributed by atoms with Gasteiger partial charge in [-0.2, -0.15) is 0 Å². The monoisotopic (exact) mass is 408 g/mol. The molecule has 0 aliphatic heterocycles. The fraction of sp³-hybridized carbons (Fsp3) is 0.261. The number of para-hydroxylation sites is 1. The number of esters is 1. The van der Waals surface area contributed by atoms with E-state index in [4.69, 9.17) is 9.47 Å². The average molecular weight is 408 g/mol. The number of nitrogens with zero attached hydrogens (tertiary/aromatic N) is 1. The van der Waals surface area contributed by atoms with Gasteiger partial charge in [0, 0.05) is 11.4 Å². The van der Waals surface area contributed by atoms with Crippen LogP contribution in [0.3, 0.4) is 0 Å². The summed E-state index contributed by atoms with van der Waals surface area (Å²) in [5.74, 6) is -0.676. The van der Waals surface area contributed by atoms with Gasteiger partial charge in [0.1, 0.15) is 11.2 Å². The lowest BCUT2D eigenvalue weighted by atomic mass is 10.1. The molecule has 0 saturated heterocycles.